The molecule has 0 aliphatic rings. The standard InChI is InChI=1S/C34H27NO/c1-34(2,3)33-28(35-26-17-9-7-14-24(26)25-15-8-10-18-27(25)35)20-21-30-32(33)31-23(16-11-19-29(31)36-30)22-12-5-4-6-13-22/h4-21H,1-3H3. The molecule has 0 unspecified atom stereocenters. The van der Waals surface area contributed by atoms with Gasteiger partial charge in [-0.1, -0.05) is 99.6 Å². The van der Waals surface area contributed by atoms with E-state index < -0.39 is 0 Å². The summed E-state index contributed by atoms with van der Waals surface area (Å²) in [7, 11) is 0. The summed E-state index contributed by atoms with van der Waals surface area (Å²) in [5, 5.41) is 4.94. The first-order valence-corrected chi connectivity index (χ1v) is 12.5. The maximum atomic E-state index is 6.49. The number of benzene rings is 5. The molecule has 2 nitrogen and oxygen atoms in total. The Morgan fingerprint density at radius 3 is 1.83 bits per heavy atom. The van der Waals surface area contributed by atoms with Gasteiger partial charge in [0.1, 0.15) is 11.2 Å². The lowest BCUT2D eigenvalue weighted by atomic mass is 9.82. The highest BCUT2D eigenvalue weighted by molar-refractivity contribution is 6.16. The minimum Gasteiger partial charge on any atom is -0.456 e. The number of nitrogens with zero attached hydrogens (tertiary/aromatic N) is 1. The monoisotopic (exact) mass is 465 g/mol. The van der Waals surface area contributed by atoms with Crippen LogP contribution >= 0.6 is 0 Å². The number of hydrogen-bond donors (Lipinski definition) is 0. The molecule has 7 aromatic rings. The summed E-state index contributed by atoms with van der Waals surface area (Å²) in [5.41, 5.74) is 9.09. The second-order valence-corrected chi connectivity index (χ2v) is 10.6. The molecule has 0 saturated heterocycles. The zero-order valence-electron chi connectivity index (χ0n) is 20.7. The van der Waals surface area contributed by atoms with Crippen molar-refractivity contribution in [2.75, 3.05) is 0 Å². The molecule has 0 bridgehead atoms. The lowest BCUT2D eigenvalue weighted by Gasteiger charge is -2.25. The summed E-state index contributed by atoms with van der Waals surface area (Å²) in [6.45, 7) is 6.93. The molecule has 36 heavy (non-hydrogen) atoms. The van der Waals surface area contributed by atoms with Gasteiger partial charge in [0.15, 0.2) is 0 Å². The van der Waals surface area contributed by atoms with Gasteiger partial charge in [0.2, 0.25) is 0 Å². The first kappa shape index (κ1) is 21.0. The average Bonchev–Trinajstić information content (AvgIpc) is 3.44. The molecule has 174 valence electrons. The largest absolute Gasteiger partial charge is 0.456 e. The van der Waals surface area contributed by atoms with Crippen molar-refractivity contribution in [3.8, 4) is 16.8 Å². The number of furan rings is 1. The number of rotatable bonds is 2. The molecule has 2 aromatic heterocycles. The van der Waals surface area contributed by atoms with Gasteiger partial charge in [-0.2, -0.15) is 0 Å². The maximum Gasteiger partial charge on any atom is 0.136 e. The third kappa shape index (κ3) is 2.97. The van der Waals surface area contributed by atoms with Crippen LogP contribution in [0.2, 0.25) is 0 Å². The van der Waals surface area contributed by atoms with Gasteiger partial charge in [0, 0.05) is 21.5 Å². The van der Waals surface area contributed by atoms with Crippen LogP contribution in [0.25, 0.3) is 60.6 Å². The third-order valence-corrected chi connectivity index (χ3v) is 7.30. The van der Waals surface area contributed by atoms with E-state index in [9.17, 15) is 0 Å². The van der Waals surface area contributed by atoms with E-state index in [4.69, 9.17) is 4.42 Å². The third-order valence-electron chi connectivity index (χ3n) is 7.30. The predicted octanol–water partition coefficient (Wildman–Crippen LogP) is 9.65. The minimum absolute atomic E-state index is 0.123. The Labute approximate surface area is 210 Å². The number of hydrogen-bond acceptors (Lipinski definition) is 1. The van der Waals surface area contributed by atoms with Crippen LogP contribution in [0.3, 0.4) is 0 Å². The molecule has 7 rings (SSSR count). The van der Waals surface area contributed by atoms with E-state index in [1.54, 1.807) is 0 Å². The van der Waals surface area contributed by atoms with E-state index in [0.29, 0.717) is 0 Å². The summed E-state index contributed by atoms with van der Waals surface area (Å²) >= 11 is 0. The van der Waals surface area contributed by atoms with Crippen molar-refractivity contribution in [1.29, 1.82) is 0 Å². The summed E-state index contributed by atoms with van der Waals surface area (Å²) in [5.74, 6) is 0. The Morgan fingerprint density at radius 2 is 1.17 bits per heavy atom. The molecular formula is C34H27NO. The van der Waals surface area contributed by atoms with Gasteiger partial charge < -0.3 is 8.98 Å². The van der Waals surface area contributed by atoms with Crippen LogP contribution in [-0.2, 0) is 5.41 Å². The van der Waals surface area contributed by atoms with Crippen LogP contribution < -0.4 is 0 Å². The zero-order chi connectivity index (χ0) is 24.4. The van der Waals surface area contributed by atoms with Crippen molar-refractivity contribution < 1.29 is 4.42 Å². The van der Waals surface area contributed by atoms with E-state index in [-0.39, 0.29) is 5.41 Å². The van der Waals surface area contributed by atoms with Gasteiger partial charge in [-0.05, 0) is 52.4 Å². The molecule has 0 spiro atoms. The van der Waals surface area contributed by atoms with E-state index in [0.717, 1.165) is 11.2 Å². The van der Waals surface area contributed by atoms with E-state index in [1.807, 2.05) is 0 Å². The fourth-order valence-electron chi connectivity index (χ4n) is 5.88. The normalized spacial score (nSPS) is 12.3. The van der Waals surface area contributed by atoms with Gasteiger partial charge in [-0.15, -0.1) is 0 Å². The predicted molar refractivity (Wildman–Crippen MR) is 152 cm³/mol. The molecule has 0 fully saturated rings. The smallest absolute Gasteiger partial charge is 0.136 e. The Morgan fingerprint density at radius 1 is 0.556 bits per heavy atom. The summed E-state index contributed by atoms with van der Waals surface area (Å²) in [6.07, 6.45) is 0. The molecule has 0 saturated carbocycles. The molecule has 0 amide bonds. The Bertz CT molecular complexity index is 1860. The Hall–Kier alpha value is -4.30. The van der Waals surface area contributed by atoms with Gasteiger partial charge in [-0.3, -0.25) is 0 Å². The second-order valence-electron chi connectivity index (χ2n) is 10.6. The summed E-state index contributed by atoms with van der Waals surface area (Å²) in [6, 6.07) is 38.9. The van der Waals surface area contributed by atoms with Crippen molar-refractivity contribution in [3.63, 3.8) is 0 Å². The molecule has 2 heteroatoms. The summed E-state index contributed by atoms with van der Waals surface area (Å²) in [4.78, 5) is 0. The average molecular weight is 466 g/mol. The lowest BCUT2D eigenvalue weighted by molar-refractivity contribution is 0.592. The molecule has 0 radical (unpaired) electrons. The highest BCUT2D eigenvalue weighted by atomic mass is 16.3. The Kier molecular flexibility index (Phi) is 4.44. The quantitative estimate of drug-likeness (QED) is 0.248. The van der Waals surface area contributed by atoms with E-state index in [1.165, 1.54) is 55.0 Å². The second kappa shape index (κ2) is 7.60. The lowest BCUT2D eigenvalue weighted by Crippen LogP contribution is -2.16. The SMILES string of the molecule is CC(C)(C)c1c(-n2c3ccccc3c3ccccc32)ccc2oc3cccc(-c4ccccc4)c3c12. The molecule has 0 N–H and O–H groups in total. The van der Waals surface area contributed by atoms with Crippen LogP contribution in [0.1, 0.15) is 26.3 Å². The fraction of sp³-hybridized carbons (Fsp3) is 0.118. The zero-order valence-corrected chi connectivity index (χ0v) is 20.7. The van der Waals surface area contributed by atoms with Gasteiger partial charge >= 0.3 is 0 Å². The van der Waals surface area contributed by atoms with Crippen molar-refractivity contribution in [3.05, 3.63) is 115 Å². The first-order valence-electron chi connectivity index (χ1n) is 12.5. The molecule has 5 aromatic carbocycles. The number of aromatic nitrogens is 1. The van der Waals surface area contributed by atoms with Crippen LogP contribution in [0.15, 0.2) is 114 Å². The van der Waals surface area contributed by atoms with E-state index in [2.05, 4.69) is 135 Å². The highest BCUT2D eigenvalue weighted by Gasteiger charge is 2.28. The topological polar surface area (TPSA) is 18.1 Å². The molecule has 2 heterocycles. The Balaban J connectivity index is 1.69. The van der Waals surface area contributed by atoms with Crippen molar-refractivity contribution >= 4 is 43.7 Å². The fourth-order valence-corrected chi connectivity index (χ4v) is 5.88. The van der Waals surface area contributed by atoms with Gasteiger partial charge in [0.25, 0.3) is 0 Å². The first-order chi connectivity index (χ1) is 17.5. The van der Waals surface area contributed by atoms with Gasteiger partial charge in [-0.25, -0.2) is 0 Å². The molecule has 0 aliphatic heterocycles. The van der Waals surface area contributed by atoms with Crippen LogP contribution in [0.5, 0.6) is 0 Å². The highest BCUT2D eigenvalue weighted by Crippen LogP contribution is 2.45. The van der Waals surface area contributed by atoms with Crippen molar-refractivity contribution in [2.45, 2.75) is 26.2 Å². The van der Waals surface area contributed by atoms with E-state index >= 15 is 0 Å². The van der Waals surface area contributed by atoms with Crippen molar-refractivity contribution in [1.82, 2.24) is 4.57 Å². The van der Waals surface area contributed by atoms with Crippen molar-refractivity contribution in [2.24, 2.45) is 0 Å². The maximum absolute atomic E-state index is 6.49. The number of fused-ring (bicyclic) bond motifs is 6. The molecule has 0 aliphatic carbocycles. The summed E-state index contributed by atoms with van der Waals surface area (Å²) < 4.78 is 8.93. The van der Waals surface area contributed by atoms with Crippen LogP contribution in [-0.4, -0.2) is 4.57 Å². The molecular weight excluding hydrogens is 438 g/mol. The van der Waals surface area contributed by atoms with Crippen LogP contribution in [0.4, 0.5) is 0 Å². The number of para-hydroxylation sites is 2. The van der Waals surface area contributed by atoms with Crippen LogP contribution in [0, 0.1) is 0 Å². The molecule has 0 atom stereocenters. The minimum atomic E-state index is -0.123. The van der Waals surface area contributed by atoms with Gasteiger partial charge in [0.05, 0.1) is 16.7 Å².